The van der Waals surface area contributed by atoms with E-state index in [-0.39, 0.29) is 36.3 Å². The molecule has 2 aromatic rings. The fraction of sp³-hybridized carbons (Fsp3) is 0.294. The Morgan fingerprint density at radius 3 is 2.71 bits per heavy atom. The summed E-state index contributed by atoms with van der Waals surface area (Å²) in [5.41, 5.74) is 14.8. The second-order valence-corrected chi connectivity index (χ2v) is 5.61. The summed E-state index contributed by atoms with van der Waals surface area (Å²) in [4.78, 5) is 15.2. The lowest BCUT2D eigenvalue weighted by molar-refractivity contribution is 0.0972. The van der Waals surface area contributed by atoms with Gasteiger partial charge in [-0.05, 0) is 55.0 Å². The van der Waals surface area contributed by atoms with E-state index in [0.29, 0.717) is 11.7 Å². The lowest BCUT2D eigenvalue weighted by Crippen LogP contribution is -2.24. The third-order valence-corrected chi connectivity index (χ3v) is 3.97. The van der Waals surface area contributed by atoms with Crippen LogP contribution in [0.1, 0.15) is 40.3 Å². The summed E-state index contributed by atoms with van der Waals surface area (Å²) in [6.45, 7) is 0.251. The number of primary amides is 1. The first-order valence-electron chi connectivity index (χ1n) is 7.69. The van der Waals surface area contributed by atoms with Crippen LogP contribution in [0.2, 0.25) is 0 Å². The Bertz CT molecular complexity index is 755. The average molecular weight is 440 g/mol. The number of guanidine groups is 1. The number of nitrogens with zero attached hydrogens (tertiary/aromatic N) is 1. The molecule has 1 heterocycles. The van der Waals surface area contributed by atoms with Crippen LogP contribution in [0.4, 0.5) is 5.69 Å². The summed E-state index contributed by atoms with van der Waals surface area (Å²) in [7, 11) is 0. The van der Waals surface area contributed by atoms with E-state index in [1.54, 1.807) is 6.07 Å². The number of nitrogens with one attached hydrogen (secondary N) is 1. The van der Waals surface area contributed by atoms with Gasteiger partial charge in [0.25, 0.3) is 5.91 Å². The van der Waals surface area contributed by atoms with Crippen LogP contribution in [0.25, 0.3) is 0 Å². The van der Waals surface area contributed by atoms with E-state index >= 15 is 0 Å². The zero-order chi connectivity index (χ0) is 16.2. The zero-order valence-electron chi connectivity index (χ0n) is 13.2. The average Bonchev–Trinajstić information content (AvgIpc) is 3.03. The predicted octanol–water partition coefficient (Wildman–Crippen LogP) is 2.80. The van der Waals surface area contributed by atoms with E-state index in [1.165, 1.54) is 30.0 Å². The molecule has 0 radical (unpaired) electrons. The maximum atomic E-state index is 11.0. The first-order chi connectivity index (χ1) is 11.1. The van der Waals surface area contributed by atoms with Gasteiger partial charge in [0, 0.05) is 5.69 Å². The molecule has 3 rings (SSSR count). The highest BCUT2D eigenvalue weighted by Crippen LogP contribution is 2.27. The van der Waals surface area contributed by atoms with Gasteiger partial charge >= 0.3 is 0 Å². The first kappa shape index (κ1) is 18.3. The molecule has 0 atom stereocenters. The Balaban J connectivity index is 0.00000208. The van der Waals surface area contributed by atoms with E-state index < -0.39 is 5.91 Å². The molecule has 128 valence electrons. The number of hydrogen-bond acceptors (Lipinski definition) is 3. The SMILES string of the molecule is I.NC(=O)c1ccc(CN=C(N)Nc2cccc3c2CCCC3)o1. The number of benzene rings is 1. The Morgan fingerprint density at radius 2 is 1.96 bits per heavy atom. The molecule has 0 unspecified atom stereocenters. The fourth-order valence-corrected chi connectivity index (χ4v) is 2.83. The predicted molar refractivity (Wildman–Crippen MR) is 105 cm³/mol. The van der Waals surface area contributed by atoms with Gasteiger partial charge in [-0.25, -0.2) is 4.99 Å². The number of amides is 1. The molecule has 1 aliphatic rings. The number of carbonyl (C=O) groups is 1. The third kappa shape index (κ3) is 4.28. The lowest BCUT2D eigenvalue weighted by atomic mass is 9.90. The van der Waals surface area contributed by atoms with Crippen molar-refractivity contribution in [3.05, 3.63) is 53.0 Å². The highest BCUT2D eigenvalue weighted by Gasteiger charge is 2.13. The minimum atomic E-state index is -0.595. The van der Waals surface area contributed by atoms with Crippen LogP contribution in [0, 0.1) is 0 Å². The molecule has 5 N–H and O–H groups in total. The van der Waals surface area contributed by atoms with Crippen LogP contribution >= 0.6 is 24.0 Å². The second kappa shape index (κ2) is 8.18. The molecule has 0 bridgehead atoms. The summed E-state index contributed by atoms with van der Waals surface area (Å²) < 4.78 is 5.27. The highest BCUT2D eigenvalue weighted by molar-refractivity contribution is 14.0. The molecule has 1 aromatic heterocycles. The van der Waals surface area contributed by atoms with Gasteiger partial charge in [-0.3, -0.25) is 4.79 Å². The van der Waals surface area contributed by atoms with Crippen molar-refractivity contribution in [2.45, 2.75) is 32.2 Å². The van der Waals surface area contributed by atoms with E-state index in [9.17, 15) is 4.79 Å². The summed E-state index contributed by atoms with van der Waals surface area (Å²) in [5, 5.41) is 3.16. The van der Waals surface area contributed by atoms with Crippen molar-refractivity contribution >= 4 is 41.5 Å². The maximum absolute atomic E-state index is 11.0. The van der Waals surface area contributed by atoms with E-state index in [4.69, 9.17) is 15.9 Å². The number of hydrogen-bond donors (Lipinski definition) is 3. The van der Waals surface area contributed by atoms with E-state index in [1.807, 2.05) is 12.1 Å². The Hall–Kier alpha value is -2.03. The van der Waals surface area contributed by atoms with Crippen LogP contribution in [0.5, 0.6) is 0 Å². The molecule has 0 saturated heterocycles. The number of fused-ring (bicyclic) bond motifs is 1. The summed E-state index contributed by atoms with van der Waals surface area (Å²) in [5.74, 6) is 0.390. The highest BCUT2D eigenvalue weighted by atomic mass is 127. The van der Waals surface area contributed by atoms with Crippen molar-refractivity contribution < 1.29 is 9.21 Å². The van der Waals surface area contributed by atoms with Gasteiger partial charge in [-0.2, -0.15) is 0 Å². The number of aliphatic imine (C=N–C) groups is 1. The van der Waals surface area contributed by atoms with Crippen molar-refractivity contribution in [3.8, 4) is 0 Å². The molecule has 1 aromatic carbocycles. The standard InChI is InChI=1S/C17H20N4O2.HI/c18-16(22)15-9-8-12(23-15)10-20-17(19)21-14-7-3-5-11-4-1-2-6-13(11)14;/h3,5,7-9H,1-2,4,6,10H2,(H2,18,22)(H3,19,20,21);1H. The Kier molecular flexibility index (Phi) is 6.24. The van der Waals surface area contributed by atoms with Crippen LogP contribution in [0.3, 0.4) is 0 Å². The fourth-order valence-electron chi connectivity index (χ4n) is 2.83. The molecule has 1 aliphatic carbocycles. The van der Waals surface area contributed by atoms with Crippen LogP contribution in [0.15, 0.2) is 39.7 Å². The molecule has 6 nitrogen and oxygen atoms in total. The van der Waals surface area contributed by atoms with E-state index in [0.717, 1.165) is 18.5 Å². The number of halogens is 1. The molecular formula is C17H21IN4O2. The minimum absolute atomic E-state index is 0. The molecule has 0 spiro atoms. The number of rotatable bonds is 4. The van der Waals surface area contributed by atoms with Crippen molar-refractivity contribution in [1.82, 2.24) is 0 Å². The molecule has 24 heavy (non-hydrogen) atoms. The summed E-state index contributed by atoms with van der Waals surface area (Å²) in [6.07, 6.45) is 4.61. The van der Waals surface area contributed by atoms with Crippen molar-refractivity contribution in [3.63, 3.8) is 0 Å². The van der Waals surface area contributed by atoms with Crippen molar-refractivity contribution in [2.24, 2.45) is 16.5 Å². The van der Waals surface area contributed by atoms with Gasteiger partial charge in [-0.15, -0.1) is 24.0 Å². The molecular weight excluding hydrogens is 419 g/mol. The molecule has 1 amide bonds. The van der Waals surface area contributed by atoms with Crippen LogP contribution < -0.4 is 16.8 Å². The van der Waals surface area contributed by atoms with Gasteiger partial charge < -0.3 is 21.2 Å². The molecule has 0 saturated carbocycles. The second-order valence-electron chi connectivity index (χ2n) is 5.61. The monoisotopic (exact) mass is 440 g/mol. The molecule has 7 heteroatoms. The lowest BCUT2D eigenvalue weighted by Gasteiger charge is -2.19. The smallest absolute Gasteiger partial charge is 0.284 e. The number of aryl methyl sites for hydroxylation is 1. The summed E-state index contributed by atoms with van der Waals surface area (Å²) >= 11 is 0. The largest absolute Gasteiger partial charge is 0.454 e. The van der Waals surface area contributed by atoms with Crippen LogP contribution in [-0.4, -0.2) is 11.9 Å². The number of carbonyl (C=O) groups excluding carboxylic acids is 1. The molecule has 0 fully saturated rings. The normalized spacial score (nSPS) is 13.8. The van der Waals surface area contributed by atoms with Crippen molar-refractivity contribution in [2.75, 3.05) is 5.32 Å². The Labute approximate surface area is 157 Å². The van der Waals surface area contributed by atoms with Gasteiger partial charge in [0.1, 0.15) is 12.3 Å². The van der Waals surface area contributed by atoms with Gasteiger partial charge in [0.05, 0.1) is 0 Å². The minimum Gasteiger partial charge on any atom is -0.454 e. The maximum Gasteiger partial charge on any atom is 0.284 e. The van der Waals surface area contributed by atoms with Gasteiger partial charge in [0.15, 0.2) is 11.7 Å². The number of furan rings is 1. The molecule has 0 aliphatic heterocycles. The topological polar surface area (TPSA) is 107 Å². The Morgan fingerprint density at radius 1 is 1.17 bits per heavy atom. The van der Waals surface area contributed by atoms with Gasteiger partial charge in [0.2, 0.25) is 0 Å². The van der Waals surface area contributed by atoms with Crippen molar-refractivity contribution in [1.29, 1.82) is 0 Å². The first-order valence-corrected chi connectivity index (χ1v) is 7.69. The quantitative estimate of drug-likeness (QED) is 0.386. The van der Waals surface area contributed by atoms with Crippen LogP contribution in [-0.2, 0) is 19.4 Å². The van der Waals surface area contributed by atoms with Gasteiger partial charge in [-0.1, -0.05) is 12.1 Å². The van der Waals surface area contributed by atoms with E-state index in [2.05, 4.69) is 16.4 Å². The number of nitrogens with two attached hydrogens (primary N) is 2. The third-order valence-electron chi connectivity index (χ3n) is 3.97. The zero-order valence-corrected chi connectivity index (χ0v) is 15.6. The summed E-state index contributed by atoms with van der Waals surface area (Å²) in [6, 6.07) is 9.42. The number of anilines is 1.